The molecular weight excluding hydrogens is 107 g/mol. The van der Waals surface area contributed by atoms with Crippen LogP contribution >= 0.6 is 0 Å². The molecule has 5 heteroatoms. The quantitative estimate of drug-likeness (QED) is 0.284. The fourth-order valence-electron chi connectivity index (χ4n) is 0.0645. The molecule has 0 unspecified atom stereocenters. The number of carboxylic acid groups (broad SMARTS) is 1. The second-order valence-electron chi connectivity index (χ2n) is 0.869. The summed E-state index contributed by atoms with van der Waals surface area (Å²) in [6.45, 7) is -0.984. The summed E-state index contributed by atoms with van der Waals surface area (Å²) in [5.74, 6) is -3.14. The fraction of sp³-hybridized carbons (Fsp3) is 0.333. The van der Waals surface area contributed by atoms with Crippen molar-refractivity contribution in [1.82, 2.24) is 0 Å². The maximum Gasteiger partial charge on any atom is 1.00 e. The predicted molar refractivity (Wildman–Crippen MR) is 17.1 cm³/mol. The number of aliphatic carboxylic acids is 1. The summed E-state index contributed by atoms with van der Waals surface area (Å²) < 4.78 is 0. The first-order valence-corrected chi connectivity index (χ1v) is 1.53. The van der Waals surface area contributed by atoms with Gasteiger partial charge in [0.25, 0.3) is 0 Å². The van der Waals surface area contributed by atoms with Gasteiger partial charge in [-0.25, -0.2) is 0 Å². The van der Waals surface area contributed by atoms with Gasteiger partial charge in [0, 0.05) is 0 Å². The molecule has 0 amide bonds. The van der Waals surface area contributed by atoms with Crippen molar-refractivity contribution >= 4 is 11.8 Å². The van der Waals surface area contributed by atoms with Crippen LogP contribution in [0.3, 0.4) is 0 Å². The zero-order chi connectivity index (χ0) is 5.86. The minimum atomic E-state index is -1.84. The largest absolute Gasteiger partial charge is 1.00 e. The van der Waals surface area contributed by atoms with E-state index in [1.165, 1.54) is 0 Å². The molecule has 0 atom stereocenters. The summed E-state index contributed by atoms with van der Waals surface area (Å²) in [6.07, 6.45) is 0. The zero-order valence-electron chi connectivity index (χ0n) is 4.38. The standard InChI is InChI=1S/C3H4O4.Li/c4-1-2(5)3(6)7;/h4H,1H2,(H,6,7);/q;+1/p-1. The molecule has 40 valence electrons. The van der Waals surface area contributed by atoms with E-state index in [0.29, 0.717) is 0 Å². The second-order valence-corrected chi connectivity index (χ2v) is 0.869. The van der Waals surface area contributed by atoms with Crippen LogP contribution in [0.5, 0.6) is 0 Å². The summed E-state index contributed by atoms with van der Waals surface area (Å²) in [4.78, 5) is 18.9. The summed E-state index contributed by atoms with van der Waals surface area (Å²) in [5.41, 5.74) is 0. The SMILES string of the molecule is O=C([O-])C(=O)CO.[Li+]. The van der Waals surface area contributed by atoms with Crippen LogP contribution in [0.4, 0.5) is 0 Å². The molecule has 0 aliphatic heterocycles. The molecule has 0 aromatic heterocycles. The second kappa shape index (κ2) is 4.85. The van der Waals surface area contributed by atoms with E-state index in [0.717, 1.165) is 0 Å². The molecule has 8 heavy (non-hydrogen) atoms. The van der Waals surface area contributed by atoms with E-state index in [1.807, 2.05) is 0 Å². The number of carbonyl (C=O) groups excluding carboxylic acids is 2. The van der Waals surface area contributed by atoms with Gasteiger partial charge >= 0.3 is 18.9 Å². The van der Waals surface area contributed by atoms with E-state index in [2.05, 4.69) is 0 Å². The fourth-order valence-corrected chi connectivity index (χ4v) is 0.0645. The average Bonchev–Trinajstić information content (AvgIpc) is 1.65. The first-order valence-electron chi connectivity index (χ1n) is 1.53. The Bertz CT molecular complexity index is 99.5. The molecule has 0 aliphatic carbocycles. The first-order chi connectivity index (χ1) is 3.18. The molecule has 0 saturated carbocycles. The van der Waals surface area contributed by atoms with Gasteiger partial charge in [-0.3, -0.25) is 4.79 Å². The maximum absolute atomic E-state index is 9.60. The van der Waals surface area contributed by atoms with Crippen LogP contribution < -0.4 is 24.0 Å². The van der Waals surface area contributed by atoms with Crippen LogP contribution in [-0.4, -0.2) is 23.5 Å². The van der Waals surface area contributed by atoms with E-state index in [4.69, 9.17) is 5.11 Å². The van der Waals surface area contributed by atoms with Gasteiger partial charge < -0.3 is 15.0 Å². The normalized spacial score (nSPS) is 7.12. The van der Waals surface area contributed by atoms with Crippen molar-refractivity contribution < 1.29 is 38.7 Å². The Morgan fingerprint density at radius 1 is 1.50 bits per heavy atom. The molecule has 0 aromatic carbocycles. The third-order valence-corrected chi connectivity index (χ3v) is 0.371. The van der Waals surface area contributed by atoms with Crippen LogP contribution in [0.25, 0.3) is 0 Å². The third-order valence-electron chi connectivity index (χ3n) is 0.371. The number of rotatable bonds is 2. The molecule has 0 spiro atoms. The Balaban J connectivity index is 0. The molecule has 0 radical (unpaired) electrons. The minimum absolute atomic E-state index is 0. The van der Waals surface area contributed by atoms with Gasteiger partial charge in [0.05, 0.1) is 0 Å². The zero-order valence-corrected chi connectivity index (χ0v) is 4.38. The average molecular weight is 110 g/mol. The molecule has 0 rings (SSSR count). The molecule has 0 bridgehead atoms. The number of carboxylic acids is 1. The monoisotopic (exact) mass is 110 g/mol. The van der Waals surface area contributed by atoms with Crippen molar-refractivity contribution in [3.8, 4) is 0 Å². The molecule has 0 aromatic rings. The van der Waals surface area contributed by atoms with Crippen molar-refractivity contribution in [1.29, 1.82) is 0 Å². The molecule has 1 N–H and O–H groups in total. The third kappa shape index (κ3) is 3.87. The molecule has 0 saturated heterocycles. The van der Waals surface area contributed by atoms with Crippen molar-refractivity contribution in [2.45, 2.75) is 0 Å². The molecule has 0 heterocycles. The van der Waals surface area contributed by atoms with E-state index in [1.54, 1.807) is 0 Å². The predicted octanol–water partition coefficient (Wildman–Crippen LogP) is -5.70. The summed E-state index contributed by atoms with van der Waals surface area (Å²) >= 11 is 0. The van der Waals surface area contributed by atoms with Gasteiger partial charge in [-0.2, -0.15) is 0 Å². The number of ketones is 1. The topological polar surface area (TPSA) is 77.4 Å². The Morgan fingerprint density at radius 2 is 1.88 bits per heavy atom. The van der Waals surface area contributed by atoms with Crippen molar-refractivity contribution in [2.75, 3.05) is 6.61 Å². The summed E-state index contributed by atoms with van der Waals surface area (Å²) in [6, 6.07) is 0. The number of carbonyl (C=O) groups is 2. The van der Waals surface area contributed by atoms with Crippen LogP contribution in [0.1, 0.15) is 0 Å². The van der Waals surface area contributed by atoms with Crippen LogP contribution in [-0.2, 0) is 9.59 Å². The number of aliphatic hydroxyl groups is 1. The minimum Gasteiger partial charge on any atom is -0.542 e. The van der Waals surface area contributed by atoms with Crippen molar-refractivity contribution in [3.05, 3.63) is 0 Å². The van der Waals surface area contributed by atoms with Crippen LogP contribution in [0.15, 0.2) is 0 Å². The van der Waals surface area contributed by atoms with Crippen LogP contribution in [0, 0.1) is 0 Å². The maximum atomic E-state index is 9.60. The summed E-state index contributed by atoms with van der Waals surface area (Å²) in [5, 5.41) is 17.0. The van der Waals surface area contributed by atoms with Crippen molar-refractivity contribution in [3.63, 3.8) is 0 Å². The van der Waals surface area contributed by atoms with Crippen LogP contribution in [0.2, 0.25) is 0 Å². The van der Waals surface area contributed by atoms with E-state index < -0.39 is 18.4 Å². The van der Waals surface area contributed by atoms with Gasteiger partial charge in [0.2, 0.25) is 5.78 Å². The molecule has 4 nitrogen and oxygen atoms in total. The number of aliphatic hydroxyl groups excluding tert-OH is 1. The van der Waals surface area contributed by atoms with E-state index >= 15 is 0 Å². The Labute approximate surface area is 57.7 Å². The smallest absolute Gasteiger partial charge is 0.542 e. The molecular formula is C3H3LiO4. The van der Waals surface area contributed by atoms with Gasteiger partial charge in [0.15, 0.2) is 0 Å². The van der Waals surface area contributed by atoms with Gasteiger partial charge in [-0.15, -0.1) is 0 Å². The van der Waals surface area contributed by atoms with E-state index in [9.17, 15) is 14.7 Å². The summed E-state index contributed by atoms with van der Waals surface area (Å²) in [7, 11) is 0. The first kappa shape index (κ1) is 10.6. The number of hydrogen-bond acceptors (Lipinski definition) is 4. The van der Waals surface area contributed by atoms with Gasteiger partial charge in [0.1, 0.15) is 12.6 Å². The Hall–Kier alpha value is -0.303. The number of hydrogen-bond donors (Lipinski definition) is 1. The Morgan fingerprint density at radius 3 is 1.88 bits per heavy atom. The molecule has 0 aliphatic rings. The van der Waals surface area contributed by atoms with Gasteiger partial charge in [-0.05, 0) is 0 Å². The van der Waals surface area contributed by atoms with Gasteiger partial charge in [-0.1, -0.05) is 0 Å². The number of Topliss-reactive ketones (excluding diaryl/α,β-unsaturated/α-hetero) is 1. The Kier molecular flexibility index (Phi) is 6.44. The molecule has 0 fully saturated rings. The van der Waals surface area contributed by atoms with E-state index in [-0.39, 0.29) is 18.9 Å². The van der Waals surface area contributed by atoms with Crippen molar-refractivity contribution in [2.24, 2.45) is 0 Å².